The quantitative estimate of drug-likeness (QED) is 0.550. The Kier molecular flexibility index (Phi) is 5.93. The van der Waals surface area contributed by atoms with Crippen molar-refractivity contribution in [3.63, 3.8) is 0 Å². The van der Waals surface area contributed by atoms with Gasteiger partial charge >= 0.3 is 0 Å². The van der Waals surface area contributed by atoms with Crippen LogP contribution in [0.5, 0.6) is 0 Å². The molecule has 0 saturated carbocycles. The number of nitrogens with zero attached hydrogens (tertiary/aromatic N) is 2. The SMILES string of the molecule is C/C(N)=C/C=C(\N)c1ccn(-c2ccc3c4c(n(C)c3c2)CC2CCC4N2)c(=O)c1.CF. The predicted octanol–water partition coefficient (Wildman–Crippen LogP) is 3.43. The lowest BCUT2D eigenvalue weighted by Gasteiger charge is -2.23. The zero-order chi connectivity index (χ0) is 23.0. The topological polar surface area (TPSA) is 91.0 Å². The summed E-state index contributed by atoms with van der Waals surface area (Å²) in [6.45, 7) is 1.79. The van der Waals surface area contributed by atoms with Crippen LogP contribution in [0.2, 0.25) is 0 Å². The Morgan fingerprint density at radius 3 is 2.66 bits per heavy atom. The molecule has 2 atom stereocenters. The number of hydrogen-bond acceptors (Lipinski definition) is 4. The first-order valence-electron chi connectivity index (χ1n) is 10.8. The van der Waals surface area contributed by atoms with Gasteiger partial charge in [0.25, 0.3) is 5.56 Å². The second-order valence-corrected chi connectivity index (χ2v) is 8.47. The summed E-state index contributed by atoms with van der Waals surface area (Å²) < 4.78 is 13.5. The summed E-state index contributed by atoms with van der Waals surface area (Å²) in [5, 5.41) is 5.03. The van der Waals surface area contributed by atoms with Crippen molar-refractivity contribution in [1.29, 1.82) is 0 Å². The lowest BCUT2D eigenvalue weighted by molar-refractivity contribution is 0.504. The summed E-state index contributed by atoms with van der Waals surface area (Å²) in [6.07, 6.45) is 8.75. The highest BCUT2D eigenvalue weighted by Gasteiger charge is 2.35. The van der Waals surface area contributed by atoms with E-state index in [9.17, 15) is 9.18 Å². The number of rotatable bonds is 3. The Bertz CT molecular complexity index is 1280. The predicted molar refractivity (Wildman–Crippen MR) is 128 cm³/mol. The van der Waals surface area contributed by atoms with Crippen molar-refractivity contribution in [3.05, 3.63) is 81.6 Å². The first-order valence-corrected chi connectivity index (χ1v) is 10.8. The number of aryl methyl sites for hydroxylation is 1. The number of aromatic nitrogens is 2. The lowest BCUT2D eigenvalue weighted by Crippen LogP contribution is -2.32. The van der Waals surface area contributed by atoms with Crippen molar-refractivity contribution in [2.24, 2.45) is 18.5 Å². The van der Waals surface area contributed by atoms with Crippen LogP contribution in [0, 0.1) is 0 Å². The van der Waals surface area contributed by atoms with Crippen LogP contribution in [0.25, 0.3) is 22.3 Å². The van der Waals surface area contributed by atoms with Gasteiger partial charge in [0.2, 0.25) is 0 Å². The molecule has 4 heterocycles. The average molecular weight is 436 g/mol. The minimum absolute atomic E-state index is 0.114. The second-order valence-electron chi connectivity index (χ2n) is 8.47. The van der Waals surface area contributed by atoms with Gasteiger partial charge in [0.1, 0.15) is 0 Å². The van der Waals surface area contributed by atoms with Gasteiger partial charge in [-0.15, -0.1) is 0 Å². The van der Waals surface area contributed by atoms with E-state index in [4.69, 9.17) is 11.5 Å². The fraction of sp³-hybridized carbons (Fsp3) is 0.320. The van der Waals surface area contributed by atoms with Crippen LogP contribution in [-0.2, 0) is 13.5 Å². The summed E-state index contributed by atoms with van der Waals surface area (Å²) in [5.41, 5.74) is 18.4. The Balaban J connectivity index is 0.00000119. The molecule has 0 amide bonds. The van der Waals surface area contributed by atoms with Crippen LogP contribution in [0.15, 0.2) is 59.2 Å². The van der Waals surface area contributed by atoms with E-state index in [0.29, 0.717) is 36.2 Å². The van der Waals surface area contributed by atoms with Gasteiger partial charge in [-0.3, -0.25) is 13.8 Å². The standard InChI is InChI=1S/C24H27N5O.CH3F/c1-14(25)3-7-19(26)15-9-10-29(23(30)11-15)17-5-6-18-21(13-17)28(2)22-12-16-4-8-20(27-16)24(18)22;1-2/h3,5-7,9-11,13,16,20,27H,4,8,12,25-26H2,1-2H3;1H3/b14-3-,19-7-;. The number of nitrogens with one attached hydrogen (secondary N) is 1. The van der Waals surface area contributed by atoms with Crippen LogP contribution in [-0.4, -0.2) is 22.4 Å². The molecule has 168 valence electrons. The Morgan fingerprint density at radius 2 is 1.94 bits per heavy atom. The maximum atomic E-state index is 12.8. The summed E-state index contributed by atoms with van der Waals surface area (Å²) in [7, 11) is 2.64. The molecule has 0 spiro atoms. The number of halogens is 1. The van der Waals surface area contributed by atoms with Gasteiger partial charge in [0.05, 0.1) is 18.4 Å². The van der Waals surface area contributed by atoms with Crippen molar-refractivity contribution in [1.82, 2.24) is 14.5 Å². The zero-order valence-electron chi connectivity index (χ0n) is 18.7. The highest BCUT2D eigenvalue weighted by Crippen LogP contribution is 2.41. The minimum atomic E-state index is -0.114. The van der Waals surface area contributed by atoms with E-state index in [1.54, 1.807) is 35.9 Å². The third kappa shape index (κ3) is 3.73. The monoisotopic (exact) mass is 435 g/mol. The van der Waals surface area contributed by atoms with Crippen molar-refractivity contribution < 1.29 is 4.39 Å². The Hall–Kier alpha value is -3.32. The fourth-order valence-electron chi connectivity index (χ4n) is 4.92. The van der Waals surface area contributed by atoms with Crippen LogP contribution in [0.1, 0.15) is 42.6 Å². The number of benzene rings is 1. The minimum Gasteiger partial charge on any atom is -0.402 e. The van der Waals surface area contributed by atoms with Crippen LogP contribution in [0.3, 0.4) is 0 Å². The summed E-state index contributed by atoms with van der Waals surface area (Å²) in [6, 6.07) is 10.8. The van der Waals surface area contributed by atoms with Gasteiger partial charge in [0.15, 0.2) is 0 Å². The molecule has 2 bridgehead atoms. The molecule has 2 unspecified atom stereocenters. The summed E-state index contributed by atoms with van der Waals surface area (Å²) in [5.74, 6) is 0. The molecule has 5 rings (SSSR count). The van der Waals surface area contributed by atoms with E-state index in [1.807, 2.05) is 12.1 Å². The number of nitrogens with two attached hydrogens (primary N) is 2. The van der Waals surface area contributed by atoms with Gasteiger partial charge in [0, 0.05) is 65.9 Å². The molecule has 2 aromatic heterocycles. The van der Waals surface area contributed by atoms with Gasteiger partial charge in [-0.25, -0.2) is 0 Å². The smallest absolute Gasteiger partial charge is 0.255 e. The molecule has 0 aliphatic carbocycles. The summed E-state index contributed by atoms with van der Waals surface area (Å²) >= 11 is 0. The molecule has 2 aliphatic heterocycles. The van der Waals surface area contributed by atoms with Gasteiger partial charge in [-0.1, -0.05) is 6.07 Å². The molecule has 1 fully saturated rings. The van der Waals surface area contributed by atoms with E-state index in [-0.39, 0.29) is 5.56 Å². The number of fused-ring (bicyclic) bond motifs is 6. The maximum Gasteiger partial charge on any atom is 0.255 e. The van der Waals surface area contributed by atoms with Gasteiger partial charge in [-0.05, 0) is 55.7 Å². The zero-order valence-corrected chi connectivity index (χ0v) is 18.7. The molecule has 7 heteroatoms. The normalized spacial score (nSPS) is 20.1. The number of hydrogen-bond donors (Lipinski definition) is 3. The van der Waals surface area contributed by atoms with Crippen LogP contribution in [0.4, 0.5) is 4.39 Å². The van der Waals surface area contributed by atoms with E-state index in [0.717, 1.165) is 12.1 Å². The third-order valence-electron chi connectivity index (χ3n) is 6.43. The fourth-order valence-corrected chi connectivity index (χ4v) is 4.92. The first-order chi connectivity index (χ1) is 15.4. The molecule has 1 saturated heterocycles. The molecule has 2 aliphatic rings. The Labute approximate surface area is 187 Å². The first kappa shape index (κ1) is 21.9. The van der Waals surface area contributed by atoms with Crippen LogP contribution < -0.4 is 22.3 Å². The number of pyridine rings is 1. The van der Waals surface area contributed by atoms with E-state index >= 15 is 0 Å². The number of allylic oxidation sites excluding steroid dienone is 3. The van der Waals surface area contributed by atoms with E-state index < -0.39 is 0 Å². The van der Waals surface area contributed by atoms with Crippen molar-refractivity contribution >= 4 is 16.6 Å². The summed E-state index contributed by atoms with van der Waals surface area (Å²) in [4.78, 5) is 12.8. The molecular formula is C25H30FN5O. The van der Waals surface area contributed by atoms with Crippen molar-refractivity contribution in [3.8, 4) is 5.69 Å². The van der Waals surface area contributed by atoms with Gasteiger partial charge in [-0.2, -0.15) is 0 Å². The molecule has 3 aromatic rings. The molecule has 6 nitrogen and oxygen atoms in total. The lowest BCUT2D eigenvalue weighted by atomic mass is 9.99. The van der Waals surface area contributed by atoms with E-state index in [2.05, 4.69) is 29.1 Å². The highest BCUT2D eigenvalue weighted by atomic mass is 19.1. The molecule has 0 radical (unpaired) electrons. The molecule has 32 heavy (non-hydrogen) atoms. The molecular weight excluding hydrogens is 405 g/mol. The van der Waals surface area contributed by atoms with Crippen molar-refractivity contribution in [2.75, 3.05) is 7.18 Å². The van der Waals surface area contributed by atoms with Gasteiger partial charge < -0.3 is 21.4 Å². The largest absolute Gasteiger partial charge is 0.402 e. The highest BCUT2D eigenvalue weighted by molar-refractivity contribution is 5.88. The third-order valence-corrected chi connectivity index (χ3v) is 6.43. The van der Waals surface area contributed by atoms with Crippen LogP contribution >= 0.6 is 0 Å². The number of alkyl halides is 1. The van der Waals surface area contributed by atoms with E-state index in [1.165, 1.54) is 35.0 Å². The maximum absolute atomic E-state index is 12.8. The van der Waals surface area contributed by atoms with Crippen molar-refractivity contribution in [2.45, 2.75) is 38.3 Å². The second kappa shape index (κ2) is 8.67. The molecule has 5 N–H and O–H groups in total. The molecule has 1 aromatic carbocycles. The Morgan fingerprint density at radius 1 is 1.16 bits per heavy atom. The average Bonchev–Trinajstić information content (AvgIpc) is 3.31.